The van der Waals surface area contributed by atoms with Crippen LogP contribution in [0.5, 0.6) is 0 Å². The number of hydrogen-bond acceptors (Lipinski definition) is 5. The molecule has 1 atom stereocenters. The van der Waals surface area contributed by atoms with Crippen LogP contribution < -0.4 is 0 Å². The molecular formula is C20H25N3O3. The van der Waals surface area contributed by atoms with Crippen molar-refractivity contribution in [2.45, 2.75) is 63.5 Å². The number of likely N-dealkylation sites (tertiary alicyclic amines) is 1. The molecule has 1 saturated heterocycles. The van der Waals surface area contributed by atoms with Crippen molar-refractivity contribution in [1.29, 1.82) is 0 Å². The summed E-state index contributed by atoms with van der Waals surface area (Å²) in [5, 5.41) is 14.4. The van der Waals surface area contributed by atoms with E-state index >= 15 is 0 Å². The molecule has 0 spiro atoms. The molecule has 2 fully saturated rings. The molecule has 26 heavy (non-hydrogen) atoms. The van der Waals surface area contributed by atoms with Crippen LogP contribution in [-0.2, 0) is 11.2 Å². The first-order valence-electron chi connectivity index (χ1n) is 9.47. The SMILES string of the molecule is Cc1cccc(-c2noc(CCCC(=O)N3CCCC3C3(O)CC3)n2)c1. The van der Waals surface area contributed by atoms with E-state index in [1.54, 1.807) is 0 Å². The number of carbonyl (C=O) groups is 1. The number of aliphatic hydroxyl groups is 1. The van der Waals surface area contributed by atoms with Crippen LogP contribution in [0.25, 0.3) is 11.4 Å². The third kappa shape index (κ3) is 3.51. The second-order valence-corrected chi connectivity index (χ2v) is 7.58. The quantitative estimate of drug-likeness (QED) is 0.862. The van der Waals surface area contributed by atoms with Crippen LogP contribution in [0.15, 0.2) is 28.8 Å². The average molecular weight is 355 g/mol. The van der Waals surface area contributed by atoms with E-state index in [2.05, 4.69) is 10.1 Å². The van der Waals surface area contributed by atoms with E-state index in [0.717, 1.165) is 43.4 Å². The van der Waals surface area contributed by atoms with Crippen LogP contribution in [0.1, 0.15) is 50.0 Å². The van der Waals surface area contributed by atoms with Gasteiger partial charge in [-0.15, -0.1) is 0 Å². The Morgan fingerprint density at radius 1 is 1.42 bits per heavy atom. The number of rotatable bonds is 6. The summed E-state index contributed by atoms with van der Waals surface area (Å²) in [6.07, 6.45) is 5.28. The van der Waals surface area contributed by atoms with E-state index in [4.69, 9.17) is 4.52 Å². The van der Waals surface area contributed by atoms with Crippen molar-refractivity contribution in [2.24, 2.45) is 0 Å². The molecule has 6 heteroatoms. The Labute approximate surface area is 153 Å². The first-order chi connectivity index (χ1) is 12.5. The molecule has 1 unspecified atom stereocenters. The van der Waals surface area contributed by atoms with E-state index in [1.165, 1.54) is 0 Å². The second-order valence-electron chi connectivity index (χ2n) is 7.58. The molecule has 2 heterocycles. The molecule has 1 saturated carbocycles. The van der Waals surface area contributed by atoms with Crippen molar-refractivity contribution < 1.29 is 14.4 Å². The van der Waals surface area contributed by atoms with Crippen LogP contribution in [0.2, 0.25) is 0 Å². The molecule has 1 aromatic carbocycles. The van der Waals surface area contributed by atoms with Crippen LogP contribution in [-0.4, -0.2) is 44.2 Å². The Balaban J connectivity index is 1.30. The van der Waals surface area contributed by atoms with Gasteiger partial charge in [-0.1, -0.05) is 28.9 Å². The topological polar surface area (TPSA) is 79.5 Å². The van der Waals surface area contributed by atoms with E-state index in [9.17, 15) is 9.90 Å². The molecule has 138 valence electrons. The Kier molecular flexibility index (Phi) is 4.53. The van der Waals surface area contributed by atoms with Gasteiger partial charge in [0.05, 0.1) is 11.6 Å². The van der Waals surface area contributed by atoms with E-state index in [1.807, 2.05) is 36.1 Å². The summed E-state index contributed by atoms with van der Waals surface area (Å²) in [6.45, 7) is 2.80. The third-order valence-corrected chi connectivity index (χ3v) is 5.48. The smallest absolute Gasteiger partial charge is 0.226 e. The van der Waals surface area contributed by atoms with Gasteiger partial charge in [-0.05, 0) is 45.1 Å². The number of benzene rings is 1. The number of hydrogen-bond donors (Lipinski definition) is 1. The fourth-order valence-electron chi connectivity index (χ4n) is 3.88. The van der Waals surface area contributed by atoms with Gasteiger partial charge < -0.3 is 14.5 Å². The van der Waals surface area contributed by atoms with Gasteiger partial charge in [0.2, 0.25) is 17.6 Å². The summed E-state index contributed by atoms with van der Waals surface area (Å²) < 4.78 is 5.33. The molecule has 1 aromatic heterocycles. The first kappa shape index (κ1) is 17.2. The predicted octanol–water partition coefficient (Wildman–Crippen LogP) is 2.88. The fourth-order valence-corrected chi connectivity index (χ4v) is 3.88. The van der Waals surface area contributed by atoms with Gasteiger partial charge in [0, 0.05) is 24.9 Å². The number of aromatic nitrogens is 2. The number of carbonyl (C=O) groups excluding carboxylic acids is 1. The Bertz CT molecular complexity index is 797. The predicted molar refractivity (Wildman–Crippen MR) is 96.3 cm³/mol. The van der Waals surface area contributed by atoms with E-state index < -0.39 is 5.60 Å². The van der Waals surface area contributed by atoms with Gasteiger partial charge in [-0.2, -0.15) is 4.98 Å². The van der Waals surface area contributed by atoms with Crippen LogP contribution in [0.3, 0.4) is 0 Å². The van der Waals surface area contributed by atoms with Crippen molar-refractivity contribution in [3.8, 4) is 11.4 Å². The molecule has 6 nitrogen and oxygen atoms in total. The monoisotopic (exact) mass is 355 g/mol. The Morgan fingerprint density at radius 2 is 2.27 bits per heavy atom. The van der Waals surface area contributed by atoms with Gasteiger partial charge in [-0.25, -0.2) is 0 Å². The highest BCUT2D eigenvalue weighted by Crippen LogP contribution is 2.44. The molecule has 2 aliphatic rings. The minimum atomic E-state index is -0.610. The third-order valence-electron chi connectivity index (χ3n) is 5.48. The highest BCUT2D eigenvalue weighted by molar-refractivity contribution is 5.77. The average Bonchev–Trinajstić information content (AvgIpc) is 3.06. The van der Waals surface area contributed by atoms with Gasteiger partial charge in [0.15, 0.2) is 0 Å². The lowest BCUT2D eigenvalue weighted by molar-refractivity contribution is -0.134. The van der Waals surface area contributed by atoms with Crippen LogP contribution >= 0.6 is 0 Å². The van der Waals surface area contributed by atoms with Crippen molar-refractivity contribution in [1.82, 2.24) is 15.0 Å². The molecule has 1 N–H and O–H groups in total. The van der Waals surface area contributed by atoms with Crippen LogP contribution in [0, 0.1) is 6.92 Å². The lowest BCUT2D eigenvalue weighted by Gasteiger charge is -2.28. The molecule has 4 rings (SSSR count). The molecule has 1 aliphatic carbocycles. The van der Waals surface area contributed by atoms with E-state index in [0.29, 0.717) is 31.0 Å². The maximum Gasteiger partial charge on any atom is 0.226 e. The van der Waals surface area contributed by atoms with Gasteiger partial charge in [0.25, 0.3) is 0 Å². The zero-order valence-corrected chi connectivity index (χ0v) is 15.1. The van der Waals surface area contributed by atoms with Gasteiger partial charge >= 0.3 is 0 Å². The van der Waals surface area contributed by atoms with Crippen LogP contribution in [0.4, 0.5) is 0 Å². The Morgan fingerprint density at radius 3 is 3.04 bits per heavy atom. The van der Waals surface area contributed by atoms with Crippen molar-refractivity contribution in [3.63, 3.8) is 0 Å². The molecule has 2 aromatic rings. The summed E-state index contributed by atoms with van der Waals surface area (Å²) in [6, 6.07) is 8.00. The second kappa shape index (κ2) is 6.83. The van der Waals surface area contributed by atoms with Crippen molar-refractivity contribution in [2.75, 3.05) is 6.54 Å². The fraction of sp³-hybridized carbons (Fsp3) is 0.550. The number of amides is 1. The zero-order valence-electron chi connectivity index (χ0n) is 15.1. The van der Waals surface area contributed by atoms with Crippen molar-refractivity contribution >= 4 is 5.91 Å². The highest BCUT2D eigenvalue weighted by atomic mass is 16.5. The lowest BCUT2D eigenvalue weighted by atomic mass is 10.1. The molecule has 1 amide bonds. The minimum absolute atomic E-state index is 0.0197. The summed E-state index contributed by atoms with van der Waals surface area (Å²) >= 11 is 0. The molecule has 1 aliphatic heterocycles. The number of nitrogens with zero attached hydrogens (tertiary/aromatic N) is 3. The highest BCUT2D eigenvalue weighted by Gasteiger charge is 2.52. The summed E-state index contributed by atoms with van der Waals surface area (Å²) in [7, 11) is 0. The normalized spacial score (nSPS) is 21.2. The maximum atomic E-state index is 12.5. The zero-order chi connectivity index (χ0) is 18.1. The van der Waals surface area contributed by atoms with E-state index in [-0.39, 0.29) is 11.9 Å². The standard InChI is InChI=1S/C20H25N3O3/c1-14-5-2-6-15(13-14)19-21-17(26-22-19)8-3-9-18(24)23-12-4-7-16(23)20(25)10-11-20/h2,5-6,13,16,25H,3-4,7-12H2,1H3. The van der Waals surface area contributed by atoms with Gasteiger partial charge in [-0.3, -0.25) is 4.79 Å². The lowest BCUT2D eigenvalue weighted by Crippen LogP contribution is -2.44. The van der Waals surface area contributed by atoms with Crippen molar-refractivity contribution in [3.05, 3.63) is 35.7 Å². The summed E-state index contributed by atoms with van der Waals surface area (Å²) in [5.74, 6) is 1.28. The summed E-state index contributed by atoms with van der Waals surface area (Å²) in [5.41, 5.74) is 1.48. The molecule has 0 bridgehead atoms. The molecular weight excluding hydrogens is 330 g/mol. The number of aryl methyl sites for hydroxylation is 2. The van der Waals surface area contributed by atoms with Gasteiger partial charge in [0.1, 0.15) is 0 Å². The summed E-state index contributed by atoms with van der Waals surface area (Å²) in [4.78, 5) is 18.9. The first-order valence-corrected chi connectivity index (χ1v) is 9.47. The largest absolute Gasteiger partial charge is 0.388 e. The maximum absolute atomic E-state index is 12.5. The Hall–Kier alpha value is -2.21. The molecule has 0 radical (unpaired) electrons. The minimum Gasteiger partial charge on any atom is -0.388 e.